The fraction of sp³-hybridized carbons (Fsp3) is 0.417. The minimum Gasteiger partial charge on any atom is -0.494 e. The van der Waals surface area contributed by atoms with E-state index >= 15 is 0 Å². The Kier molecular flexibility index (Phi) is 4.04. The van der Waals surface area contributed by atoms with Crippen molar-refractivity contribution in [3.05, 3.63) is 23.8 Å². The second-order valence-corrected chi connectivity index (χ2v) is 4.05. The molecule has 4 nitrogen and oxygen atoms in total. The standard InChI is InChI=1S/C12H14ClFN2O2/c1-17-4-3-16-10-6-11(18-2)8(14)5-9(10)15-12(16)7-13/h5-6H,3-4,7H2,1-2H3. The topological polar surface area (TPSA) is 36.3 Å². The Morgan fingerprint density at radius 1 is 1.39 bits per heavy atom. The monoisotopic (exact) mass is 272 g/mol. The zero-order chi connectivity index (χ0) is 13.1. The molecule has 0 unspecified atom stereocenters. The summed E-state index contributed by atoms with van der Waals surface area (Å²) < 4.78 is 25.5. The van der Waals surface area contributed by atoms with Crippen LogP contribution in [0.15, 0.2) is 12.1 Å². The average Bonchev–Trinajstić information content (AvgIpc) is 2.71. The molecule has 0 aliphatic rings. The van der Waals surface area contributed by atoms with Crippen LogP contribution < -0.4 is 4.74 Å². The molecule has 0 spiro atoms. The summed E-state index contributed by atoms with van der Waals surface area (Å²) in [5.74, 6) is 0.726. The number of hydrogen-bond acceptors (Lipinski definition) is 3. The molecule has 0 amide bonds. The number of aromatic nitrogens is 2. The molecule has 0 aliphatic carbocycles. The second-order valence-electron chi connectivity index (χ2n) is 3.78. The Morgan fingerprint density at radius 3 is 2.78 bits per heavy atom. The number of ether oxygens (including phenoxy) is 2. The van der Waals surface area contributed by atoms with E-state index in [1.807, 2.05) is 4.57 Å². The van der Waals surface area contributed by atoms with Crippen molar-refractivity contribution in [3.63, 3.8) is 0 Å². The lowest BCUT2D eigenvalue weighted by Crippen LogP contribution is -2.07. The average molecular weight is 273 g/mol. The van der Waals surface area contributed by atoms with Crippen LogP contribution in [0.25, 0.3) is 11.0 Å². The Balaban J connectivity index is 2.57. The van der Waals surface area contributed by atoms with Crippen LogP contribution in [0.3, 0.4) is 0 Å². The van der Waals surface area contributed by atoms with Gasteiger partial charge in [0.15, 0.2) is 11.6 Å². The summed E-state index contributed by atoms with van der Waals surface area (Å²) >= 11 is 5.85. The quantitative estimate of drug-likeness (QED) is 0.785. The van der Waals surface area contributed by atoms with E-state index in [0.717, 1.165) is 5.52 Å². The van der Waals surface area contributed by atoms with Crippen molar-refractivity contribution in [3.8, 4) is 5.75 Å². The molecule has 0 radical (unpaired) electrons. The first-order valence-electron chi connectivity index (χ1n) is 5.48. The SMILES string of the molecule is COCCn1c(CCl)nc2cc(F)c(OC)cc21. The van der Waals surface area contributed by atoms with Crippen molar-refractivity contribution >= 4 is 22.6 Å². The highest BCUT2D eigenvalue weighted by atomic mass is 35.5. The van der Waals surface area contributed by atoms with E-state index in [1.54, 1.807) is 13.2 Å². The van der Waals surface area contributed by atoms with Crippen LogP contribution in [-0.2, 0) is 17.2 Å². The Labute approximate surface area is 109 Å². The maximum atomic E-state index is 13.6. The van der Waals surface area contributed by atoms with Crippen molar-refractivity contribution in [2.45, 2.75) is 12.4 Å². The van der Waals surface area contributed by atoms with Crippen LogP contribution >= 0.6 is 11.6 Å². The first-order chi connectivity index (χ1) is 8.71. The van der Waals surface area contributed by atoms with Crippen molar-refractivity contribution < 1.29 is 13.9 Å². The Morgan fingerprint density at radius 2 is 2.17 bits per heavy atom. The van der Waals surface area contributed by atoms with Crippen LogP contribution in [0.4, 0.5) is 4.39 Å². The number of alkyl halides is 1. The van der Waals surface area contributed by atoms with E-state index in [-0.39, 0.29) is 11.6 Å². The summed E-state index contributed by atoms with van der Waals surface area (Å²) in [5, 5.41) is 0. The first-order valence-corrected chi connectivity index (χ1v) is 6.02. The van der Waals surface area contributed by atoms with Crippen molar-refractivity contribution in [1.29, 1.82) is 0 Å². The molecule has 0 saturated carbocycles. The van der Waals surface area contributed by atoms with Gasteiger partial charge in [-0.1, -0.05) is 0 Å². The third kappa shape index (κ3) is 2.28. The molecule has 1 aromatic heterocycles. The van der Waals surface area contributed by atoms with Gasteiger partial charge in [-0.05, 0) is 0 Å². The molecular weight excluding hydrogens is 259 g/mol. The minimum absolute atomic E-state index is 0.196. The van der Waals surface area contributed by atoms with E-state index in [2.05, 4.69) is 4.98 Å². The zero-order valence-corrected chi connectivity index (χ0v) is 11.0. The summed E-state index contributed by atoms with van der Waals surface area (Å²) in [6, 6.07) is 2.98. The van der Waals surface area contributed by atoms with Gasteiger partial charge in [0, 0.05) is 25.8 Å². The molecule has 1 heterocycles. The molecule has 0 saturated heterocycles. The predicted octanol–water partition coefficient (Wildman–Crippen LogP) is 2.57. The largest absolute Gasteiger partial charge is 0.494 e. The lowest BCUT2D eigenvalue weighted by atomic mass is 10.3. The highest BCUT2D eigenvalue weighted by Gasteiger charge is 2.13. The van der Waals surface area contributed by atoms with Crippen LogP contribution in [0, 0.1) is 5.82 Å². The second kappa shape index (κ2) is 5.54. The molecule has 0 N–H and O–H groups in total. The van der Waals surface area contributed by atoms with Gasteiger partial charge in [0.25, 0.3) is 0 Å². The molecule has 98 valence electrons. The smallest absolute Gasteiger partial charge is 0.167 e. The molecule has 2 aromatic rings. The highest BCUT2D eigenvalue weighted by molar-refractivity contribution is 6.16. The van der Waals surface area contributed by atoms with Gasteiger partial charge in [0.2, 0.25) is 0 Å². The number of benzene rings is 1. The number of nitrogens with zero attached hydrogens (tertiary/aromatic N) is 2. The van der Waals surface area contributed by atoms with Gasteiger partial charge in [-0.15, -0.1) is 11.6 Å². The van der Waals surface area contributed by atoms with Crippen LogP contribution in [0.2, 0.25) is 0 Å². The minimum atomic E-state index is -0.428. The zero-order valence-electron chi connectivity index (χ0n) is 10.2. The molecule has 0 aliphatic heterocycles. The van der Waals surface area contributed by atoms with Crippen LogP contribution in [-0.4, -0.2) is 30.4 Å². The van der Waals surface area contributed by atoms with E-state index < -0.39 is 5.82 Å². The lowest BCUT2D eigenvalue weighted by molar-refractivity contribution is 0.187. The Hall–Kier alpha value is -1.33. The molecule has 6 heteroatoms. The third-order valence-electron chi connectivity index (χ3n) is 2.74. The number of hydrogen-bond donors (Lipinski definition) is 0. The normalized spacial score (nSPS) is 11.1. The number of methoxy groups -OCH3 is 2. The molecule has 0 atom stereocenters. The highest BCUT2D eigenvalue weighted by Crippen LogP contribution is 2.26. The molecule has 2 rings (SSSR count). The third-order valence-corrected chi connectivity index (χ3v) is 2.98. The van der Waals surface area contributed by atoms with E-state index in [1.165, 1.54) is 13.2 Å². The first kappa shape index (κ1) is 13.1. The molecule has 18 heavy (non-hydrogen) atoms. The summed E-state index contributed by atoms with van der Waals surface area (Å²) in [6.07, 6.45) is 0. The molecule has 1 aromatic carbocycles. The van der Waals surface area contributed by atoms with Gasteiger partial charge < -0.3 is 14.0 Å². The van der Waals surface area contributed by atoms with Gasteiger partial charge >= 0.3 is 0 Å². The summed E-state index contributed by atoms with van der Waals surface area (Å²) in [7, 11) is 3.06. The number of halogens is 2. The lowest BCUT2D eigenvalue weighted by Gasteiger charge is -2.07. The van der Waals surface area contributed by atoms with Crippen molar-refractivity contribution in [1.82, 2.24) is 9.55 Å². The van der Waals surface area contributed by atoms with E-state index in [9.17, 15) is 4.39 Å². The van der Waals surface area contributed by atoms with Crippen molar-refractivity contribution in [2.24, 2.45) is 0 Å². The number of rotatable bonds is 5. The molecule has 0 fully saturated rings. The molecular formula is C12H14ClFN2O2. The van der Waals surface area contributed by atoms with Gasteiger partial charge in [0.05, 0.1) is 30.6 Å². The fourth-order valence-corrected chi connectivity index (χ4v) is 2.07. The Bertz CT molecular complexity index is 556. The van der Waals surface area contributed by atoms with E-state index in [4.69, 9.17) is 21.1 Å². The van der Waals surface area contributed by atoms with Gasteiger partial charge in [-0.2, -0.15) is 0 Å². The fourth-order valence-electron chi connectivity index (χ4n) is 1.87. The van der Waals surface area contributed by atoms with Crippen LogP contribution in [0.5, 0.6) is 5.75 Å². The maximum absolute atomic E-state index is 13.6. The summed E-state index contributed by atoms with van der Waals surface area (Å²) in [4.78, 5) is 4.30. The summed E-state index contributed by atoms with van der Waals surface area (Å²) in [5.41, 5.74) is 1.36. The number of fused-ring (bicyclic) bond motifs is 1. The summed E-state index contributed by atoms with van der Waals surface area (Å²) in [6.45, 7) is 1.15. The van der Waals surface area contributed by atoms with Crippen LogP contribution in [0.1, 0.15) is 5.82 Å². The maximum Gasteiger partial charge on any atom is 0.167 e. The van der Waals surface area contributed by atoms with E-state index in [0.29, 0.717) is 24.5 Å². The van der Waals surface area contributed by atoms with Gasteiger partial charge in [0.1, 0.15) is 5.82 Å². The predicted molar refractivity (Wildman–Crippen MR) is 67.7 cm³/mol. The van der Waals surface area contributed by atoms with Gasteiger partial charge in [-0.3, -0.25) is 0 Å². The van der Waals surface area contributed by atoms with Gasteiger partial charge in [-0.25, -0.2) is 9.37 Å². The van der Waals surface area contributed by atoms with Crippen molar-refractivity contribution in [2.75, 3.05) is 20.8 Å². The number of imidazole rings is 1. The molecule has 0 bridgehead atoms.